The van der Waals surface area contributed by atoms with Crippen molar-refractivity contribution in [2.45, 2.75) is 79.3 Å². The van der Waals surface area contributed by atoms with E-state index in [-0.39, 0.29) is 11.6 Å². The highest BCUT2D eigenvalue weighted by molar-refractivity contribution is 6.14. The third kappa shape index (κ3) is 4.52. The molecule has 1 atom stereocenters. The van der Waals surface area contributed by atoms with Gasteiger partial charge >= 0.3 is 0 Å². The molecule has 0 saturated heterocycles. The number of fused-ring (bicyclic) bond motifs is 3. The quantitative estimate of drug-likeness (QED) is 0.172. The Morgan fingerprint density at radius 3 is 2.00 bits per heavy atom. The van der Waals surface area contributed by atoms with Crippen molar-refractivity contribution >= 4 is 22.8 Å². The van der Waals surface area contributed by atoms with E-state index in [1.54, 1.807) is 0 Å². The lowest BCUT2D eigenvalue weighted by Crippen LogP contribution is -2.56. The fraction of sp³-hybridized carbons (Fsp3) is 0.289. The van der Waals surface area contributed by atoms with Crippen molar-refractivity contribution < 1.29 is 0 Å². The molecule has 0 spiro atoms. The van der Waals surface area contributed by atoms with E-state index in [0.29, 0.717) is 0 Å². The number of rotatable bonds is 8. The minimum absolute atomic E-state index is 0.0554. The van der Waals surface area contributed by atoms with Gasteiger partial charge in [0.25, 0.3) is 0 Å². The van der Waals surface area contributed by atoms with Gasteiger partial charge in [-0.3, -0.25) is 0 Å². The van der Waals surface area contributed by atoms with Crippen molar-refractivity contribution in [1.29, 1.82) is 0 Å². The van der Waals surface area contributed by atoms with Crippen LogP contribution < -0.4 is 9.80 Å². The monoisotopic (exact) mass is 614 g/mol. The number of hydrogen-bond acceptors (Lipinski definition) is 2. The summed E-state index contributed by atoms with van der Waals surface area (Å²) in [6, 6.07) is 41.7. The molecular formula is C45H46N2. The summed E-state index contributed by atoms with van der Waals surface area (Å²) in [6.45, 7) is 11.6. The van der Waals surface area contributed by atoms with E-state index in [1.165, 1.54) is 91.2 Å². The molecule has 0 aliphatic carbocycles. The topological polar surface area (TPSA) is 6.48 Å². The Morgan fingerprint density at radius 2 is 1.32 bits per heavy atom. The summed E-state index contributed by atoms with van der Waals surface area (Å²) in [7, 11) is 0. The van der Waals surface area contributed by atoms with Crippen molar-refractivity contribution in [1.82, 2.24) is 0 Å². The Bertz CT molecular complexity index is 1970. The number of benzene rings is 5. The molecule has 0 aromatic heterocycles. The molecule has 8 rings (SSSR count). The van der Waals surface area contributed by atoms with Gasteiger partial charge in [0.05, 0.1) is 17.1 Å². The Hall–Kier alpha value is -4.56. The zero-order valence-electron chi connectivity index (χ0n) is 28.6. The van der Waals surface area contributed by atoms with Gasteiger partial charge in [0, 0.05) is 27.8 Å². The summed E-state index contributed by atoms with van der Waals surface area (Å²) in [6.07, 6.45) is 7.03. The van der Waals surface area contributed by atoms with E-state index >= 15 is 0 Å². The molecule has 0 saturated carbocycles. The summed E-state index contributed by atoms with van der Waals surface area (Å²) >= 11 is 0. The zero-order chi connectivity index (χ0) is 32.3. The first-order valence-corrected chi connectivity index (χ1v) is 17.8. The molecule has 3 aliphatic heterocycles. The number of nitrogens with zero attached hydrogens (tertiary/aromatic N) is 2. The summed E-state index contributed by atoms with van der Waals surface area (Å²) in [4.78, 5) is 5.50. The highest BCUT2D eigenvalue weighted by Crippen LogP contribution is 2.62. The standard InChI is InChI=1S/C45H46N2/c1-6-9-18-32-23-25-33(26-24-32)42-43-38-22-14-13-21-37(38)39-28-34(40-30(4)16-15-17-31(40)5)27-35-29-45(7-2,8-3)44(47(43)41(35)39)46(42)36-19-11-10-12-20-36/h10-17,19-28,44H,6-9,18,29H2,1-5H3. The number of anilines is 2. The van der Waals surface area contributed by atoms with Crippen molar-refractivity contribution in [2.75, 3.05) is 9.80 Å². The number of para-hydroxylation sites is 1. The Balaban J connectivity index is 1.46. The van der Waals surface area contributed by atoms with E-state index in [2.05, 4.69) is 154 Å². The van der Waals surface area contributed by atoms with Crippen LogP contribution in [0.25, 0.3) is 33.6 Å². The molecule has 5 aromatic carbocycles. The van der Waals surface area contributed by atoms with Crippen LogP contribution in [-0.4, -0.2) is 6.17 Å². The molecule has 0 amide bonds. The number of aryl methyl sites for hydroxylation is 3. The predicted molar refractivity (Wildman–Crippen MR) is 201 cm³/mol. The maximum Gasteiger partial charge on any atom is 0.117 e. The third-order valence-corrected chi connectivity index (χ3v) is 11.4. The van der Waals surface area contributed by atoms with Crippen LogP contribution in [0.1, 0.15) is 79.8 Å². The molecule has 5 aromatic rings. The van der Waals surface area contributed by atoms with Crippen LogP contribution in [-0.2, 0) is 12.8 Å². The average Bonchev–Trinajstić information content (AvgIpc) is 3.48. The molecule has 0 radical (unpaired) electrons. The second-order valence-electron chi connectivity index (χ2n) is 14.0. The van der Waals surface area contributed by atoms with Crippen LogP contribution in [0.2, 0.25) is 0 Å². The molecule has 3 heterocycles. The van der Waals surface area contributed by atoms with Crippen LogP contribution in [0.4, 0.5) is 11.4 Å². The SMILES string of the molecule is CCCCc1ccc(C2=C3c4ccccc4-c4cc(-c5c(C)cccc5C)cc5c4N3C(N2c2ccccc2)C(CC)(CC)C5)cc1. The highest BCUT2D eigenvalue weighted by Gasteiger charge is 2.56. The molecule has 2 heteroatoms. The molecule has 236 valence electrons. The lowest BCUT2D eigenvalue weighted by Gasteiger charge is -2.53. The molecule has 0 fully saturated rings. The van der Waals surface area contributed by atoms with Gasteiger partial charge < -0.3 is 9.80 Å². The fourth-order valence-electron chi connectivity index (χ4n) is 8.97. The van der Waals surface area contributed by atoms with E-state index in [1.807, 2.05) is 0 Å². The van der Waals surface area contributed by atoms with Gasteiger partial charge in [0.15, 0.2) is 0 Å². The minimum Gasteiger partial charge on any atom is -0.317 e. The third-order valence-electron chi connectivity index (χ3n) is 11.4. The van der Waals surface area contributed by atoms with Gasteiger partial charge in [-0.15, -0.1) is 0 Å². The van der Waals surface area contributed by atoms with Gasteiger partial charge in [-0.25, -0.2) is 0 Å². The summed E-state index contributed by atoms with van der Waals surface area (Å²) in [5, 5.41) is 0. The van der Waals surface area contributed by atoms with Crippen LogP contribution in [0.15, 0.2) is 109 Å². The van der Waals surface area contributed by atoms with Crippen molar-refractivity contribution in [3.8, 4) is 22.3 Å². The van der Waals surface area contributed by atoms with Crippen LogP contribution in [0, 0.1) is 19.3 Å². The highest BCUT2D eigenvalue weighted by atomic mass is 15.4. The molecule has 0 bridgehead atoms. The predicted octanol–water partition coefficient (Wildman–Crippen LogP) is 11.8. The van der Waals surface area contributed by atoms with Gasteiger partial charge in [-0.1, -0.05) is 112 Å². The van der Waals surface area contributed by atoms with E-state index in [0.717, 1.165) is 25.7 Å². The van der Waals surface area contributed by atoms with Crippen LogP contribution >= 0.6 is 0 Å². The van der Waals surface area contributed by atoms with Crippen molar-refractivity contribution in [3.05, 3.63) is 143 Å². The first kappa shape index (κ1) is 29.8. The lowest BCUT2D eigenvalue weighted by atomic mass is 9.68. The van der Waals surface area contributed by atoms with E-state index in [9.17, 15) is 0 Å². The first-order chi connectivity index (χ1) is 23.0. The summed E-state index contributed by atoms with van der Waals surface area (Å²) in [5.74, 6) is 0. The lowest BCUT2D eigenvalue weighted by molar-refractivity contribution is 0.197. The van der Waals surface area contributed by atoms with E-state index in [4.69, 9.17) is 0 Å². The van der Waals surface area contributed by atoms with E-state index < -0.39 is 0 Å². The summed E-state index contributed by atoms with van der Waals surface area (Å²) in [5.41, 5.74) is 19.1. The van der Waals surface area contributed by atoms with Gasteiger partial charge in [0.2, 0.25) is 0 Å². The normalized spacial score (nSPS) is 17.2. The second kappa shape index (κ2) is 11.6. The molecule has 0 N–H and O–H groups in total. The Kier molecular flexibility index (Phi) is 7.36. The van der Waals surface area contributed by atoms with Gasteiger partial charge in [-0.05, 0) is 109 Å². The maximum atomic E-state index is 2.78. The summed E-state index contributed by atoms with van der Waals surface area (Å²) < 4.78 is 0. The van der Waals surface area contributed by atoms with Crippen molar-refractivity contribution in [2.24, 2.45) is 5.41 Å². The molecular weight excluding hydrogens is 569 g/mol. The fourth-order valence-corrected chi connectivity index (χ4v) is 8.97. The molecule has 2 nitrogen and oxygen atoms in total. The van der Waals surface area contributed by atoms with Crippen LogP contribution in [0.5, 0.6) is 0 Å². The van der Waals surface area contributed by atoms with Gasteiger partial charge in [-0.2, -0.15) is 0 Å². The maximum absolute atomic E-state index is 2.78. The minimum atomic E-state index is 0.0554. The first-order valence-electron chi connectivity index (χ1n) is 17.8. The molecule has 47 heavy (non-hydrogen) atoms. The van der Waals surface area contributed by atoms with Crippen LogP contribution in [0.3, 0.4) is 0 Å². The van der Waals surface area contributed by atoms with Gasteiger partial charge in [0.1, 0.15) is 6.17 Å². The zero-order valence-corrected chi connectivity index (χ0v) is 28.6. The Labute approximate surface area is 281 Å². The second-order valence-corrected chi connectivity index (χ2v) is 14.0. The number of hydrogen-bond donors (Lipinski definition) is 0. The molecule has 1 unspecified atom stereocenters. The molecule has 3 aliphatic rings. The number of unbranched alkanes of at least 4 members (excludes halogenated alkanes) is 1. The smallest absolute Gasteiger partial charge is 0.117 e. The Morgan fingerprint density at radius 1 is 0.638 bits per heavy atom. The largest absolute Gasteiger partial charge is 0.317 e. The average molecular weight is 615 g/mol. The van der Waals surface area contributed by atoms with Crippen molar-refractivity contribution in [3.63, 3.8) is 0 Å².